The summed E-state index contributed by atoms with van der Waals surface area (Å²) in [5.41, 5.74) is -6.73. The van der Waals surface area contributed by atoms with E-state index in [1.807, 2.05) is 0 Å². The van der Waals surface area contributed by atoms with E-state index >= 15 is 0 Å². The number of likely N-dealkylation sites (tertiary alicyclic amines) is 2. The second-order valence-electron chi connectivity index (χ2n) is 11.7. The van der Waals surface area contributed by atoms with Crippen molar-refractivity contribution in [1.82, 2.24) is 9.80 Å². The van der Waals surface area contributed by atoms with E-state index in [1.54, 1.807) is 4.90 Å². The maximum Gasteiger partial charge on any atom is 0.430 e. The van der Waals surface area contributed by atoms with Gasteiger partial charge < -0.3 is 14.9 Å². The van der Waals surface area contributed by atoms with Gasteiger partial charge in [0.1, 0.15) is 5.82 Å². The second kappa shape index (κ2) is 11.9. The lowest BCUT2D eigenvalue weighted by Crippen LogP contribution is -2.54. The molecule has 0 spiro atoms. The minimum absolute atomic E-state index is 0.0889. The molecule has 2 aromatic carbocycles. The minimum atomic E-state index is -6.15. The lowest BCUT2D eigenvalue weighted by atomic mass is 9.87. The number of fused-ring (bicyclic) bond motifs is 1. The van der Waals surface area contributed by atoms with Crippen LogP contribution in [-0.2, 0) is 31.6 Å². The number of piperidine rings is 1. The summed E-state index contributed by atoms with van der Waals surface area (Å²) >= 11 is 0. The van der Waals surface area contributed by atoms with Gasteiger partial charge in [0.15, 0.2) is 0 Å². The van der Waals surface area contributed by atoms with Crippen molar-refractivity contribution in [3.8, 4) is 0 Å². The SMILES string of the molecule is C=C1CCN(C2CCN(C(=O)C[C@@H]3CCc4cc(C(O)(C(F)(F)F)C(F)(F)F)ccc4N3S(=O)(=O)c3ccc(F)cc3)CC2)C1=O. The first-order valence-electron chi connectivity index (χ1n) is 14.4. The van der Waals surface area contributed by atoms with E-state index in [0.29, 0.717) is 43.5 Å². The smallest absolute Gasteiger partial charge is 0.369 e. The molecule has 2 aromatic rings. The van der Waals surface area contributed by atoms with E-state index in [0.717, 1.165) is 34.6 Å². The molecule has 0 aliphatic carbocycles. The first-order chi connectivity index (χ1) is 21.4. The monoisotopic (exact) mass is 677 g/mol. The summed E-state index contributed by atoms with van der Waals surface area (Å²) in [6.07, 6.45) is -11.5. The zero-order valence-corrected chi connectivity index (χ0v) is 25.1. The number of halogens is 7. The zero-order chi connectivity index (χ0) is 33.8. The molecular weight excluding hydrogens is 647 g/mol. The number of benzene rings is 2. The number of alkyl halides is 6. The largest absolute Gasteiger partial charge is 0.430 e. The van der Waals surface area contributed by atoms with Crippen LogP contribution in [0, 0.1) is 5.82 Å². The van der Waals surface area contributed by atoms with Crippen LogP contribution in [-0.4, -0.2) is 79.2 Å². The average molecular weight is 678 g/mol. The molecular formula is C30H30F7N3O5S. The van der Waals surface area contributed by atoms with Crippen LogP contribution in [0.5, 0.6) is 0 Å². The van der Waals surface area contributed by atoms with Crippen LogP contribution < -0.4 is 4.31 Å². The number of nitrogens with zero attached hydrogens (tertiary/aromatic N) is 3. The number of hydrogen-bond donors (Lipinski definition) is 1. The molecule has 250 valence electrons. The summed E-state index contributed by atoms with van der Waals surface area (Å²) in [5, 5.41) is 9.92. The van der Waals surface area contributed by atoms with Crippen LogP contribution in [0.4, 0.5) is 36.4 Å². The Labute approximate surface area is 260 Å². The zero-order valence-electron chi connectivity index (χ0n) is 24.2. The van der Waals surface area contributed by atoms with Gasteiger partial charge in [-0.05, 0) is 68.0 Å². The molecule has 2 fully saturated rings. The number of aryl methyl sites for hydroxylation is 1. The Kier molecular flexibility index (Phi) is 8.68. The maximum atomic E-state index is 13.9. The van der Waals surface area contributed by atoms with Crippen LogP contribution in [0.1, 0.15) is 43.2 Å². The van der Waals surface area contributed by atoms with Gasteiger partial charge in [-0.3, -0.25) is 13.9 Å². The normalized spacial score (nSPS) is 20.3. The van der Waals surface area contributed by atoms with Gasteiger partial charge in [-0.1, -0.05) is 18.7 Å². The van der Waals surface area contributed by atoms with Gasteiger partial charge in [-0.2, -0.15) is 26.3 Å². The van der Waals surface area contributed by atoms with E-state index < -0.39 is 56.2 Å². The summed E-state index contributed by atoms with van der Waals surface area (Å²) in [7, 11) is -4.62. The highest BCUT2D eigenvalue weighted by Gasteiger charge is 2.71. The Hall–Kier alpha value is -3.66. The topological polar surface area (TPSA) is 98.2 Å². The molecule has 0 radical (unpaired) electrons. The molecule has 0 unspecified atom stereocenters. The molecule has 46 heavy (non-hydrogen) atoms. The Balaban J connectivity index is 1.45. The maximum absolute atomic E-state index is 13.9. The number of hydrogen-bond acceptors (Lipinski definition) is 5. The van der Waals surface area contributed by atoms with Crippen LogP contribution in [0.25, 0.3) is 0 Å². The van der Waals surface area contributed by atoms with E-state index in [-0.39, 0.29) is 55.6 Å². The molecule has 2 saturated heterocycles. The summed E-state index contributed by atoms with van der Waals surface area (Å²) in [6.45, 7) is 4.86. The molecule has 1 atom stereocenters. The predicted octanol–water partition coefficient (Wildman–Crippen LogP) is 4.82. The van der Waals surface area contributed by atoms with Gasteiger partial charge in [-0.15, -0.1) is 0 Å². The van der Waals surface area contributed by atoms with Crippen molar-refractivity contribution in [3.05, 3.63) is 71.6 Å². The third kappa shape index (κ3) is 5.85. The van der Waals surface area contributed by atoms with Crippen molar-refractivity contribution in [3.63, 3.8) is 0 Å². The Morgan fingerprint density at radius 1 is 0.913 bits per heavy atom. The van der Waals surface area contributed by atoms with Gasteiger partial charge >= 0.3 is 12.4 Å². The third-order valence-corrected chi connectivity index (χ3v) is 10.8. The quantitative estimate of drug-likeness (QED) is 0.350. The molecule has 16 heteroatoms. The van der Waals surface area contributed by atoms with Crippen molar-refractivity contribution in [2.75, 3.05) is 23.9 Å². The van der Waals surface area contributed by atoms with Crippen molar-refractivity contribution >= 4 is 27.5 Å². The van der Waals surface area contributed by atoms with Crippen LogP contribution in [0.2, 0.25) is 0 Å². The van der Waals surface area contributed by atoms with Gasteiger partial charge in [0.25, 0.3) is 15.6 Å². The minimum Gasteiger partial charge on any atom is -0.369 e. The highest BCUT2D eigenvalue weighted by molar-refractivity contribution is 7.92. The lowest BCUT2D eigenvalue weighted by Gasteiger charge is -2.41. The number of amides is 2. The Morgan fingerprint density at radius 2 is 1.52 bits per heavy atom. The number of rotatable bonds is 6. The van der Waals surface area contributed by atoms with Crippen molar-refractivity contribution in [2.45, 2.75) is 73.5 Å². The predicted molar refractivity (Wildman–Crippen MR) is 150 cm³/mol. The van der Waals surface area contributed by atoms with Crippen LogP contribution in [0.3, 0.4) is 0 Å². The Bertz CT molecular complexity index is 1620. The van der Waals surface area contributed by atoms with E-state index in [4.69, 9.17) is 0 Å². The number of carbonyl (C=O) groups is 2. The van der Waals surface area contributed by atoms with Crippen molar-refractivity contribution < 1.29 is 53.8 Å². The molecule has 5 rings (SSSR count). The molecule has 0 saturated carbocycles. The molecule has 0 bridgehead atoms. The number of sulfonamides is 1. The fourth-order valence-corrected chi connectivity index (χ4v) is 8.07. The summed E-state index contributed by atoms with van der Waals surface area (Å²) in [5.74, 6) is -1.31. The molecule has 3 aliphatic heterocycles. The molecule has 3 aliphatic rings. The van der Waals surface area contributed by atoms with Crippen molar-refractivity contribution in [2.24, 2.45) is 0 Å². The standard InChI is InChI=1S/C30H30F7N3O5S/c1-18-10-15-39(27(18)42)22-11-13-38(14-12-22)26(41)17-23-6-2-19-16-20(28(43,29(32,33)34)30(35,36)37)3-9-25(19)40(23)46(44,45)24-7-4-21(31)5-8-24/h3-5,7-9,16,22-23,43H,1-2,6,10-15,17H2/t23-/m0/s1. The summed E-state index contributed by atoms with van der Waals surface area (Å²) in [6, 6.07) is 4.06. The van der Waals surface area contributed by atoms with Gasteiger partial charge in [0, 0.05) is 43.2 Å². The fraction of sp³-hybridized carbons (Fsp3) is 0.467. The third-order valence-electron chi connectivity index (χ3n) is 8.89. The summed E-state index contributed by atoms with van der Waals surface area (Å²) in [4.78, 5) is 28.7. The first-order valence-corrected chi connectivity index (χ1v) is 15.9. The lowest BCUT2D eigenvalue weighted by molar-refractivity contribution is -0.376. The van der Waals surface area contributed by atoms with Gasteiger partial charge in [0.05, 0.1) is 16.6 Å². The van der Waals surface area contributed by atoms with Gasteiger partial charge in [0.2, 0.25) is 11.8 Å². The molecule has 8 nitrogen and oxygen atoms in total. The van der Waals surface area contributed by atoms with Crippen molar-refractivity contribution in [1.29, 1.82) is 0 Å². The van der Waals surface area contributed by atoms with Crippen LogP contribution in [0.15, 0.2) is 59.5 Å². The molecule has 3 heterocycles. The van der Waals surface area contributed by atoms with E-state index in [2.05, 4.69) is 6.58 Å². The average Bonchev–Trinajstić information content (AvgIpc) is 3.32. The number of anilines is 1. The van der Waals surface area contributed by atoms with Crippen LogP contribution >= 0.6 is 0 Å². The summed E-state index contributed by atoms with van der Waals surface area (Å²) < 4.78 is 124. The molecule has 1 N–H and O–H groups in total. The molecule has 2 amide bonds. The fourth-order valence-electron chi connectivity index (χ4n) is 6.35. The Morgan fingerprint density at radius 3 is 2.07 bits per heavy atom. The van der Waals surface area contributed by atoms with E-state index in [1.165, 1.54) is 4.90 Å². The number of aliphatic hydroxyl groups is 1. The highest BCUT2D eigenvalue weighted by Crippen LogP contribution is 2.51. The first kappa shape index (κ1) is 33.7. The molecule has 0 aromatic heterocycles. The van der Waals surface area contributed by atoms with E-state index in [9.17, 15) is 53.8 Å². The highest BCUT2D eigenvalue weighted by atomic mass is 32.2. The second-order valence-corrected chi connectivity index (χ2v) is 13.5. The number of carbonyl (C=O) groups excluding carboxylic acids is 2. The van der Waals surface area contributed by atoms with Gasteiger partial charge in [-0.25, -0.2) is 12.8 Å².